The lowest BCUT2D eigenvalue weighted by atomic mass is 9.94. The lowest BCUT2D eigenvalue weighted by molar-refractivity contribution is -0.122. The molecule has 1 aromatic carbocycles. The van der Waals surface area contributed by atoms with Crippen molar-refractivity contribution in [3.63, 3.8) is 0 Å². The van der Waals surface area contributed by atoms with Crippen LogP contribution < -0.4 is 5.32 Å². The van der Waals surface area contributed by atoms with Gasteiger partial charge in [-0.05, 0) is 23.8 Å². The number of hydrogen-bond acceptors (Lipinski definition) is 2. The van der Waals surface area contributed by atoms with Crippen molar-refractivity contribution in [2.45, 2.75) is 39.7 Å². The minimum Gasteiger partial charge on any atom is -0.388 e. The Hall–Kier alpha value is -1.35. The monoisotopic (exact) mass is 263 g/mol. The van der Waals surface area contributed by atoms with Crippen molar-refractivity contribution in [3.8, 4) is 0 Å². The van der Waals surface area contributed by atoms with E-state index in [4.69, 9.17) is 0 Å². The molecule has 0 aliphatic rings. The Balaban J connectivity index is 2.25. The third kappa shape index (κ3) is 5.88. The molecule has 1 aromatic rings. The first-order valence-corrected chi connectivity index (χ1v) is 7.00. The van der Waals surface area contributed by atoms with E-state index in [-0.39, 0.29) is 5.91 Å². The number of aliphatic hydroxyl groups is 1. The Bertz CT molecular complexity index is 376. The fraction of sp³-hybridized carbons (Fsp3) is 0.562. The minimum atomic E-state index is -0.510. The molecule has 0 radical (unpaired) electrons. The number of benzene rings is 1. The molecule has 19 heavy (non-hydrogen) atoms. The molecule has 0 aromatic heterocycles. The van der Waals surface area contributed by atoms with Gasteiger partial charge in [-0.3, -0.25) is 4.79 Å². The van der Waals surface area contributed by atoms with Crippen LogP contribution >= 0.6 is 0 Å². The normalized spacial score (nSPS) is 14.2. The Labute approximate surface area is 116 Å². The maximum Gasteiger partial charge on any atom is 0.220 e. The maximum absolute atomic E-state index is 11.7. The fourth-order valence-corrected chi connectivity index (χ4v) is 1.79. The van der Waals surface area contributed by atoms with E-state index < -0.39 is 6.10 Å². The summed E-state index contributed by atoms with van der Waals surface area (Å²) < 4.78 is 0. The van der Waals surface area contributed by atoms with Crippen LogP contribution in [0.2, 0.25) is 0 Å². The van der Waals surface area contributed by atoms with Crippen LogP contribution in [-0.2, 0) is 4.79 Å². The van der Waals surface area contributed by atoms with Gasteiger partial charge >= 0.3 is 0 Å². The molecule has 0 saturated carbocycles. The van der Waals surface area contributed by atoms with Crippen molar-refractivity contribution in [1.29, 1.82) is 0 Å². The van der Waals surface area contributed by atoms with Crippen LogP contribution in [0.5, 0.6) is 0 Å². The van der Waals surface area contributed by atoms with E-state index in [1.54, 1.807) is 0 Å². The standard InChI is InChI=1S/C16H25NO2/c1-12(2)13(3)11-16(19)17-10-9-15(18)14-7-5-4-6-8-14/h4-8,12-13,15,18H,9-11H2,1-3H3,(H,17,19). The van der Waals surface area contributed by atoms with E-state index >= 15 is 0 Å². The lowest BCUT2D eigenvalue weighted by Crippen LogP contribution is -2.28. The molecular formula is C16H25NO2. The summed E-state index contributed by atoms with van der Waals surface area (Å²) in [6, 6.07) is 9.52. The highest BCUT2D eigenvalue weighted by molar-refractivity contribution is 5.76. The minimum absolute atomic E-state index is 0.0708. The van der Waals surface area contributed by atoms with Crippen molar-refractivity contribution in [1.82, 2.24) is 5.32 Å². The number of carbonyl (C=O) groups is 1. The maximum atomic E-state index is 11.7. The molecule has 1 rings (SSSR count). The zero-order valence-electron chi connectivity index (χ0n) is 12.1. The van der Waals surface area contributed by atoms with Crippen LogP contribution in [0.1, 0.15) is 45.3 Å². The van der Waals surface area contributed by atoms with Gasteiger partial charge in [-0.15, -0.1) is 0 Å². The number of rotatable bonds is 7. The number of aliphatic hydroxyl groups excluding tert-OH is 1. The molecule has 2 atom stereocenters. The van der Waals surface area contributed by atoms with Gasteiger partial charge in [0.1, 0.15) is 0 Å². The van der Waals surface area contributed by atoms with Gasteiger partial charge in [-0.2, -0.15) is 0 Å². The van der Waals surface area contributed by atoms with E-state index in [0.29, 0.717) is 31.2 Å². The highest BCUT2D eigenvalue weighted by Crippen LogP contribution is 2.16. The third-order valence-electron chi connectivity index (χ3n) is 3.57. The number of nitrogens with one attached hydrogen (secondary N) is 1. The average molecular weight is 263 g/mol. The number of amides is 1. The molecule has 0 aliphatic carbocycles. The highest BCUT2D eigenvalue weighted by atomic mass is 16.3. The second kappa shape index (κ2) is 7.95. The topological polar surface area (TPSA) is 49.3 Å². The summed E-state index contributed by atoms with van der Waals surface area (Å²) in [5.41, 5.74) is 0.896. The van der Waals surface area contributed by atoms with Gasteiger partial charge in [0.25, 0.3) is 0 Å². The van der Waals surface area contributed by atoms with E-state index in [9.17, 15) is 9.90 Å². The average Bonchev–Trinajstić information content (AvgIpc) is 2.39. The summed E-state index contributed by atoms with van der Waals surface area (Å²) in [7, 11) is 0. The number of carbonyl (C=O) groups excluding carboxylic acids is 1. The molecule has 2 unspecified atom stereocenters. The predicted octanol–water partition coefficient (Wildman–Crippen LogP) is 2.91. The van der Waals surface area contributed by atoms with Crippen molar-refractivity contribution >= 4 is 5.91 Å². The van der Waals surface area contributed by atoms with Crippen LogP contribution in [0.3, 0.4) is 0 Å². The fourth-order valence-electron chi connectivity index (χ4n) is 1.79. The molecule has 2 N–H and O–H groups in total. The molecule has 0 spiro atoms. The van der Waals surface area contributed by atoms with E-state index in [1.807, 2.05) is 30.3 Å². The van der Waals surface area contributed by atoms with Crippen molar-refractivity contribution < 1.29 is 9.90 Å². The van der Waals surface area contributed by atoms with Gasteiger partial charge in [0.05, 0.1) is 6.10 Å². The molecular weight excluding hydrogens is 238 g/mol. The summed E-state index contributed by atoms with van der Waals surface area (Å²) in [5.74, 6) is 0.973. The van der Waals surface area contributed by atoms with Gasteiger partial charge in [0.15, 0.2) is 0 Å². The smallest absolute Gasteiger partial charge is 0.220 e. The second-order valence-electron chi connectivity index (χ2n) is 5.49. The summed E-state index contributed by atoms with van der Waals surface area (Å²) >= 11 is 0. The first kappa shape index (κ1) is 15.7. The zero-order chi connectivity index (χ0) is 14.3. The molecule has 0 heterocycles. The Morgan fingerprint density at radius 2 is 1.84 bits per heavy atom. The van der Waals surface area contributed by atoms with Crippen LogP contribution in [0.15, 0.2) is 30.3 Å². The summed E-state index contributed by atoms with van der Waals surface area (Å²) in [4.78, 5) is 11.7. The second-order valence-corrected chi connectivity index (χ2v) is 5.49. The molecule has 0 saturated heterocycles. The van der Waals surface area contributed by atoms with E-state index in [2.05, 4.69) is 26.1 Å². The van der Waals surface area contributed by atoms with Crippen molar-refractivity contribution in [2.75, 3.05) is 6.54 Å². The Morgan fingerprint density at radius 1 is 1.21 bits per heavy atom. The third-order valence-corrected chi connectivity index (χ3v) is 3.57. The van der Waals surface area contributed by atoms with Crippen LogP contribution in [0.25, 0.3) is 0 Å². The molecule has 3 nitrogen and oxygen atoms in total. The van der Waals surface area contributed by atoms with Crippen molar-refractivity contribution in [2.24, 2.45) is 11.8 Å². The van der Waals surface area contributed by atoms with Gasteiger partial charge < -0.3 is 10.4 Å². The SMILES string of the molecule is CC(C)C(C)CC(=O)NCCC(O)c1ccccc1. The van der Waals surface area contributed by atoms with Gasteiger partial charge in [-0.25, -0.2) is 0 Å². The first-order chi connectivity index (χ1) is 9.00. The van der Waals surface area contributed by atoms with Crippen LogP contribution in [0, 0.1) is 11.8 Å². The quantitative estimate of drug-likeness (QED) is 0.794. The summed E-state index contributed by atoms with van der Waals surface area (Å²) in [5, 5.41) is 12.8. The summed E-state index contributed by atoms with van der Waals surface area (Å²) in [6.07, 6.45) is 0.592. The molecule has 106 valence electrons. The summed E-state index contributed by atoms with van der Waals surface area (Å²) in [6.45, 7) is 6.84. The molecule has 1 amide bonds. The van der Waals surface area contributed by atoms with E-state index in [0.717, 1.165) is 5.56 Å². The van der Waals surface area contributed by atoms with Crippen LogP contribution in [-0.4, -0.2) is 17.6 Å². The number of hydrogen-bond donors (Lipinski definition) is 2. The molecule has 0 fully saturated rings. The molecule has 3 heteroatoms. The zero-order valence-corrected chi connectivity index (χ0v) is 12.1. The lowest BCUT2D eigenvalue weighted by Gasteiger charge is -2.16. The van der Waals surface area contributed by atoms with Gasteiger partial charge in [0.2, 0.25) is 5.91 Å². The Morgan fingerprint density at radius 3 is 2.42 bits per heavy atom. The predicted molar refractivity (Wildman–Crippen MR) is 77.6 cm³/mol. The van der Waals surface area contributed by atoms with Gasteiger partial charge in [-0.1, -0.05) is 51.1 Å². The largest absolute Gasteiger partial charge is 0.388 e. The van der Waals surface area contributed by atoms with Crippen molar-refractivity contribution in [3.05, 3.63) is 35.9 Å². The van der Waals surface area contributed by atoms with Crippen LogP contribution in [0.4, 0.5) is 0 Å². The molecule has 0 aliphatic heterocycles. The van der Waals surface area contributed by atoms with E-state index in [1.165, 1.54) is 0 Å². The highest BCUT2D eigenvalue weighted by Gasteiger charge is 2.13. The Kier molecular flexibility index (Phi) is 6.57. The molecule has 0 bridgehead atoms. The van der Waals surface area contributed by atoms with Gasteiger partial charge in [0, 0.05) is 13.0 Å². The first-order valence-electron chi connectivity index (χ1n) is 7.00.